The quantitative estimate of drug-likeness (QED) is 0.764. The van der Waals surface area contributed by atoms with Crippen molar-refractivity contribution in [1.82, 2.24) is 4.98 Å². The van der Waals surface area contributed by atoms with Gasteiger partial charge in [-0.05, 0) is 23.8 Å². The van der Waals surface area contributed by atoms with E-state index in [2.05, 4.69) is 4.98 Å². The molecule has 108 valence electrons. The highest BCUT2D eigenvalue weighted by Gasteiger charge is 2.32. The van der Waals surface area contributed by atoms with Gasteiger partial charge in [0.1, 0.15) is 0 Å². The molecule has 0 amide bonds. The number of halogens is 5. The highest BCUT2D eigenvalue weighted by molar-refractivity contribution is 6.39. The summed E-state index contributed by atoms with van der Waals surface area (Å²) < 4.78 is 38.2. The summed E-state index contributed by atoms with van der Waals surface area (Å²) in [6.07, 6.45) is -4.05. The van der Waals surface area contributed by atoms with Crippen LogP contribution in [0.15, 0.2) is 30.5 Å². The Kier molecular flexibility index (Phi) is 4.40. The lowest BCUT2D eigenvalue weighted by atomic mass is 10.0. The van der Waals surface area contributed by atoms with Gasteiger partial charge in [-0.15, -0.1) is 0 Å². The first-order chi connectivity index (χ1) is 9.84. The molecule has 7 heteroatoms. The minimum absolute atomic E-state index is 0.127. The van der Waals surface area contributed by atoms with Gasteiger partial charge in [0.2, 0.25) is 0 Å². The highest BCUT2D eigenvalue weighted by atomic mass is 35.5. The van der Waals surface area contributed by atoms with Crippen LogP contribution in [-0.4, -0.2) is 4.98 Å². The summed E-state index contributed by atoms with van der Waals surface area (Å²) in [6.45, 7) is 0. The number of alkyl halides is 3. The molecule has 0 aliphatic rings. The maximum atomic E-state index is 12.7. The third-order valence-corrected chi connectivity index (χ3v) is 3.39. The lowest BCUT2D eigenvalue weighted by molar-refractivity contribution is -0.137. The van der Waals surface area contributed by atoms with E-state index in [4.69, 9.17) is 28.5 Å². The molecule has 0 aliphatic heterocycles. The molecule has 0 spiro atoms. The predicted molar refractivity (Wildman–Crippen MR) is 74.0 cm³/mol. The molecule has 0 saturated carbocycles. The Bertz CT molecular complexity index is 701. The standard InChI is InChI=1S/C14H7Cl2F3N2/c15-10-2-1-3-11(16)12(10)13-8(4-5-20)6-9(7-21-13)14(17,18)19/h1-3,6-7H,4H2. The van der Waals surface area contributed by atoms with Gasteiger partial charge in [-0.25, -0.2) is 0 Å². The van der Waals surface area contributed by atoms with Crippen LogP contribution >= 0.6 is 23.2 Å². The molecule has 0 saturated heterocycles. The number of rotatable bonds is 2. The molecule has 0 N–H and O–H groups in total. The van der Waals surface area contributed by atoms with E-state index >= 15 is 0 Å². The fourth-order valence-electron chi connectivity index (χ4n) is 1.83. The number of nitriles is 1. The summed E-state index contributed by atoms with van der Waals surface area (Å²) in [6, 6.07) is 7.43. The first kappa shape index (κ1) is 15.6. The van der Waals surface area contributed by atoms with Gasteiger partial charge in [0.15, 0.2) is 0 Å². The van der Waals surface area contributed by atoms with Gasteiger partial charge >= 0.3 is 6.18 Å². The van der Waals surface area contributed by atoms with E-state index in [0.717, 1.165) is 6.07 Å². The largest absolute Gasteiger partial charge is 0.417 e. The van der Waals surface area contributed by atoms with E-state index < -0.39 is 11.7 Å². The molecule has 2 aromatic rings. The molecule has 1 aromatic heterocycles. The first-order valence-corrected chi connectivity index (χ1v) is 6.47. The van der Waals surface area contributed by atoms with Gasteiger partial charge in [-0.3, -0.25) is 4.98 Å². The average Bonchev–Trinajstić information content (AvgIpc) is 2.39. The number of pyridine rings is 1. The Morgan fingerprint density at radius 2 is 1.81 bits per heavy atom. The zero-order valence-electron chi connectivity index (χ0n) is 10.4. The Morgan fingerprint density at radius 3 is 2.33 bits per heavy atom. The highest BCUT2D eigenvalue weighted by Crippen LogP contribution is 2.37. The second kappa shape index (κ2) is 5.92. The Balaban J connectivity index is 2.67. The van der Waals surface area contributed by atoms with E-state index in [9.17, 15) is 13.2 Å². The average molecular weight is 331 g/mol. The molecule has 0 atom stereocenters. The van der Waals surface area contributed by atoms with Crippen molar-refractivity contribution in [2.75, 3.05) is 0 Å². The van der Waals surface area contributed by atoms with Gasteiger partial charge in [0.25, 0.3) is 0 Å². The summed E-state index contributed by atoms with van der Waals surface area (Å²) in [4.78, 5) is 3.82. The van der Waals surface area contributed by atoms with Crippen LogP contribution in [0.5, 0.6) is 0 Å². The van der Waals surface area contributed by atoms with E-state index in [1.165, 1.54) is 0 Å². The van der Waals surface area contributed by atoms with Crippen LogP contribution in [0.2, 0.25) is 10.0 Å². The third kappa shape index (κ3) is 3.29. The molecule has 0 bridgehead atoms. The third-order valence-electron chi connectivity index (χ3n) is 2.76. The second-order valence-electron chi connectivity index (χ2n) is 4.16. The van der Waals surface area contributed by atoms with Crippen LogP contribution in [0.25, 0.3) is 11.3 Å². The molecule has 1 aromatic carbocycles. The smallest absolute Gasteiger partial charge is 0.255 e. The molecule has 2 rings (SSSR count). The number of benzene rings is 1. The van der Waals surface area contributed by atoms with Gasteiger partial charge in [-0.1, -0.05) is 29.3 Å². The van der Waals surface area contributed by atoms with Crippen LogP contribution in [0, 0.1) is 11.3 Å². The number of aromatic nitrogens is 1. The van der Waals surface area contributed by atoms with Crippen LogP contribution in [0.3, 0.4) is 0 Å². The predicted octanol–water partition coefficient (Wildman–Crippen LogP) is 5.14. The maximum absolute atomic E-state index is 12.7. The van der Waals surface area contributed by atoms with Gasteiger partial charge < -0.3 is 0 Å². The van der Waals surface area contributed by atoms with Crippen LogP contribution < -0.4 is 0 Å². The molecular weight excluding hydrogens is 324 g/mol. The van der Waals surface area contributed by atoms with Crippen molar-refractivity contribution in [3.63, 3.8) is 0 Å². The van der Waals surface area contributed by atoms with Crippen molar-refractivity contribution >= 4 is 23.2 Å². The van der Waals surface area contributed by atoms with Gasteiger partial charge in [0.05, 0.1) is 33.8 Å². The van der Waals surface area contributed by atoms with Crippen molar-refractivity contribution < 1.29 is 13.2 Å². The van der Waals surface area contributed by atoms with Crippen molar-refractivity contribution in [3.8, 4) is 17.3 Å². The molecule has 21 heavy (non-hydrogen) atoms. The van der Waals surface area contributed by atoms with Crippen molar-refractivity contribution in [2.45, 2.75) is 12.6 Å². The Morgan fingerprint density at radius 1 is 1.19 bits per heavy atom. The SMILES string of the molecule is N#CCc1cc(C(F)(F)F)cnc1-c1c(Cl)cccc1Cl. The second-order valence-corrected chi connectivity index (χ2v) is 4.98. The normalized spacial score (nSPS) is 11.2. The molecule has 0 unspecified atom stereocenters. The minimum atomic E-state index is -4.53. The zero-order valence-corrected chi connectivity index (χ0v) is 11.9. The van der Waals surface area contributed by atoms with Gasteiger partial charge in [0, 0.05) is 11.8 Å². The lowest BCUT2D eigenvalue weighted by Gasteiger charge is -2.13. The van der Waals surface area contributed by atoms with Crippen LogP contribution in [0.1, 0.15) is 11.1 Å². The van der Waals surface area contributed by atoms with Crippen LogP contribution in [0.4, 0.5) is 13.2 Å². The molecular formula is C14H7Cl2F3N2. The topological polar surface area (TPSA) is 36.7 Å². The zero-order chi connectivity index (χ0) is 15.6. The minimum Gasteiger partial charge on any atom is -0.255 e. The fourth-order valence-corrected chi connectivity index (χ4v) is 2.41. The lowest BCUT2D eigenvalue weighted by Crippen LogP contribution is -2.07. The van der Waals surface area contributed by atoms with Crippen molar-refractivity contribution in [1.29, 1.82) is 5.26 Å². The Hall–Kier alpha value is -1.77. The van der Waals surface area contributed by atoms with E-state index in [1.54, 1.807) is 18.2 Å². The van der Waals surface area contributed by atoms with E-state index in [-0.39, 0.29) is 27.7 Å². The number of nitrogens with zero attached hydrogens (tertiary/aromatic N) is 2. The molecule has 0 radical (unpaired) electrons. The molecule has 2 nitrogen and oxygen atoms in total. The van der Waals surface area contributed by atoms with E-state index in [1.807, 2.05) is 6.07 Å². The summed E-state index contributed by atoms with van der Waals surface area (Å²) >= 11 is 12.1. The summed E-state index contributed by atoms with van der Waals surface area (Å²) in [5, 5.41) is 9.31. The monoisotopic (exact) mass is 330 g/mol. The summed E-state index contributed by atoms with van der Waals surface area (Å²) in [5.74, 6) is 0. The summed E-state index contributed by atoms with van der Waals surface area (Å²) in [5.41, 5.74) is -0.290. The molecule has 0 aliphatic carbocycles. The Labute approximate surface area is 128 Å². The van der Waals surface area contributed by atoms with Crippen molar-refractivity contribution in [2.24, 2.45) is 0 Å². The molecule has 0 fully saturated rings. The maximum Gasteiger partial charge on any atom is 0.417 e. The number of hydrogen-bond acceptors (Lipinski definition) is 2. The first-order valence-electron chi connectivity index (χ1n) is 5.72. The van der Waals surface area contributed by atoms with Crippen molar-refractivity contribution in [3.05, 3.63) is 51.6 Å². The summed E-state index contributed by atoms with van der Waals surface area (Å²) in [7, 11) is 0. The molecule has 1 heterocycles. The number of hydrogen-bond donors (Lipinski definition) is 0. The van der Waals surface area contributed by atoms with E-state index in [0.29, 0.717) is 11.8 Å². The van der Waals surface area contributed by atoms with Crippen LogP contribution in [-0.2, 0) is 12.6 Å². The van der Waals surface area contributed by atoms with Gasteiger partial charge in [-0.2, -0.15) is 18.4 Å². The fraction of sp³-hybridized carbons (Fsp3) is 0.143.